The maximum atomic E-state index is 12.1. The van der Waals surface area contributed by atoms with Crippen LogP contribution in [0, 0.1) is 0 Å². The van der Waals surface area contributed by atoms with Crippen LogP contribution in [-0.4, -0.2) is 82.5 Å². The maximum Gasteiger partial charge on any atom is 0.326 e. The highest BCUT2D eigenvalue weighted by molar-refractivity contribution is 5.94. The summed E-state index contributed by atoms with van der Waals surface area (Å²) in [4.78, 5) is 58.7. The summed E-state index contributed by atoms with van der Waals surface area (Å²) in [6.07, 6.45) is 0.446. The number of aliphatic hydroxyl groups excluding tert-OH is 1. The minimum Gasteiger partial charge on any atom is -0.480 e. The lowest BCUT2D eigenvalue weighted by atomic mass is 10.2. The number of likely N-dealkylation sites (tertiary alicyclic amines) is 1. The summed E-state index contributed by atoms with van der Waals surface area (Å²) in [7, 11) is 0. The normalized spacial score (nSPS) is 18.7. The van der Waals surface area contributed by atoms with Crippen LogP contribution in [0.5, 0.6) is 0 Å². The van der Waals surface area contributed by atoms with Crippen LogP contribution in [0.3, 0.4) is 0 Å². The van der Waals surface area contributed by atoms with Crippen molar-refractivity contribution in [3.05, 3.63) is 0 Å². The fraction of sp³-hybridized carbons (Fsp3) is 0.643. The summed E-state index contributed by atoms with van der Waals surface area (Å²) >= 11 is 0. The molecule has 146 valence electrons. The predicted molar refractivity (Wildman–Crippen MR) is 86.2 cm³/mol. The van der Waals surface area contributed by atoms with Gasteiger partial charge < -0.3 is 37.2 Å². The van der Waals surface area contributed by atoms with Crippen LogP contribution in [0.4, 0.5) is 0 Å². The molecule has 0 aromatic carbocycles. The lowest BCUT2D eigenvalue weighted by molar-refractivity contribution is -0.148. The topological polar surface area (TPSA) is 205 Å². The van der Waals surface area contributed by atoms with Gasteiger partial charge in [-0.2, -0.15) is 0 Å². The largest absolute Gasteiger partial charge is 0.480 e. The monoisotopic (exact) mass is 373 g/mol. The molecule has 12 heteroatoms. The van der Waals surface area contributed by atoms with Crippen molar-refractivity contribution in [1.82, 2.24) is 15.5 Å². The van der Waals surface area contributed by atoms with Gasteiger partial charge in [0.15, 0.2) is 0 Å². The van der Waals surface area contributed by atoms with E-state index in [0.29, 0.717) is 12.8 Å². The van der Waals surface area contributed by atoms with Crippen LogP contribution >= 0.6 is 0 Å². The first-order valence-corrected chi connectivity index (χ1v) is 7.92. The van der Waals surface area contributed by atoms with Crippen molar-refractivity contribution in [2.45, 2.75) is 37.4 Å². The lowest BCUT2D eigenvalue weighted by Gasteiger charge is -2.22. The predicted octanol–water partition coefficient (Wildman–Crippen LogP) is -4.14. The van der Waals surface area contributed by atoms with E-state index in [-0.39, 0.29) is 6.54 Å². The number of carbonyl (C=O) groups is 5. The molecule has 3 unspecified atom stereocenters. The second kappa shape index (κ2) is 9.68. The fourth-order valence-corrected chi connectivity index (χ4v) is 2.49. The Labute approximate surface area is 148 Å². The average Bonchev–Trinajstić information content (AvgIpc) is 3.06. The Morgan fingerprint density at radius 2 is 1.85 bits per heavy atom. The molecular weight excluding hydrogens is 350 g/mol. The molecule has 1 heterocycles. The van der Waals surface area contributed by atoms with Gasteiger partial charge in [-0.15, -0.1) is 0 Å². The van der Waals surface area contributed by atoms with Gasteiger partial charge in [-0.3, -0.25) is 19.2 Å². The molecule has 3 atom stereocenters. The molecule has 1 aliphatic rings. The number of hydrogen-bond acceptors (Lipinski definition) is 7. The first-order chi connectivity index (χ1) is 12.2. The molecule has 1 rings (SSSR count). The van der Waals surface area contributed by atoms with Crippen LogP contribution in [0.1, 0.15) is 19.3 Å². The lowest BCUT2D eigenvalue weighted by Crippen LogP contribution is -2.55. The fourth-order valence-electron chi connectivity index (χ4n) is 2.49. The number of carboxylic acid groups (broad SMARTS) is 1. The van der Waals surface area contributed by atoms with Crippen molar-refractivity contribution in [2.75, 3.05) is 19.7 Å². The van der Waals surface area contributed by atoms with Gasteiger partial charge >= 0.3 is 5.97 Å². The van der Waals surface area contributed by atoms with Crippen LogP contribution in [-0.2, 0) is 24.0 Å². The minimum absolute atomic E-state index is 0.272. The van der Waals surface area contributed by atoms with E-state index in [0.717, 1.165) is 4.90 Å². The molecule has 0 radical (unpaired) electrons. The van der Waals surface area contributed by atoms with E-state index in [4.69, 9.17) is 16.6 Å². The highest BCUT2D eigenvalue weighted by Gasteiger charge is 2.34. The van der Waals surface area contributed by atoms with Crippen LogP contribution in [0.15, 0.2) is 0 Å². The third-order valence-corrected chi connectivity index (χ3v) is 3.85. The number of nitrogens with zero attached hydrogens (tertiary/aromatic N) is 1. The van der Waals surface area contributed by atoms with Crippen LogP contribution in [0.2, 0.25) is 0 Å². The summed E-state index contributed by atoms with van der Waals surface area (Å²) in [5, 5.41) is 22.6. The van der Waals surface area contributed by atoms with Crippen molar-refractivity contribution >= 4 is 29.6 Å². The van der Waals surface area contributed by atoms with Gasteiger partial charge in [0, 0.05) is 6.54 Å². The zero-order valence-corrected chi connectivity index (χ0v) is 14.0. The molecule has 4 amide bonds. The molecule has 1 fully saturated rings. The number of hydrogen-bond donors (Lipinski definition) is 6. The van der Waals surface area contributed by atoms with Crippen LogP contribution < -0.4 is 22.1 Å². The molecule has 0 aromatic rings. The Morgan fingerprint density at radius 1 is 1.19 bits per heavy atom. The zero-order chi connectivity index (χ0) is 19.9. The van der Waals surface area contributed by atoms with E-state index in [9.17, 15) is 29.1 Å². The van der Waals surface area contributed by atoms with Gasteiger partial charge in [-0.05, 0) is 12.8 Å². The second-order valence-corrected chi connectivity index (χ2v) is 5.82. The Balaban J connectivity index is 2.53. The number of aliphatic hydroxyl groups is 1. The molecule has 12 nitrogen and oxygen atoms in total. The molecule has 1 saturated heterocycles. The summed E-state index contributed by atoms with van der Waals surface area (Å²) in [6, 6.07) is -3.60. The first kappa shape index (κ1) is 21.3. The SMILES string of the molecule is NC(=O)CC(N)C(=O)NC(CO)C(=O)NCC(=O)N1CCCC1C(=O)O. The number of carbonyl (C=O) groups excluding carboxylic acids is 4. The molecule has 1 aliphatic heterocycles. The van der Waals surface area contributed by atoms with Crippen molar-refractivity contribution in [3.8, 4) is 0 Å². The van der Waals surface area contributed by atoms with E-state index < -0.39 is 67.3 Å². The Bertz CT molecular complexity index is 582. The third-order valence-electron chi connectivity index (χ3n) is 3.85. The Kier molecular flexibility index (Phi) is 7.93. The molecule has 0 bridgehead atoms. The van der Waals surface area contributed by atoms with Gasteiger partial charge in [0.25, 0.3) is 0 Å². The van der Waals surface area contributed by atoms with E-state index >= 15 is 0 Å². The molecule has 0 saturated carbocycles. The number of aliphatic carboxylic acids is 1. The number of carboxylic acids is 1. The van der Waals surface area contributed by atoms with Gasteiger partial charge in [0.2, 0.25) is 23.6 Å². The maximum absolute atomic E-state index is 12.1. The smallest absolute Gasteiger partial charge is 0.326 e. The van der Waals surface area contributed by atoms with Crippen LogP contribution in [0.25, 0.3) is 0 Å². The summed E-state index contributed by atoms with van der Waals surface area (Å²) in [5.74, 6) is -4.23. The summed E-state index contributed by atoms with van der Waals surface area (Å²) < 4.78 is 0. The number of rotatable bonds is 9. The van der Waals surface area contributed by atoms with Gasteiger partial charge in [-0.25, -0.2) is 4.79 Å². The van der Waals surface area contributed by atoms with E-state index in [1.807, 2.05) is 0 Å². The second-order valence-electron chi connectivity index (χ2n) is 5.82. The number of nitrogens with one attached hydrogen (secondary N) is 2. The highest BCUT2D eigenvalue weighted by atomic mass is 16.4. The quantitative estimate of drug-likeness (QED) is 0.233. The zero-order valence-electron chi connectivity index (χ0n) is 14.0. The van der Waals surface area contributed by atoms with Crippen molar-refractivity contribution < 1.29 is 34.2 Å². The molecule has 0 aromatic heterocycles. The number of nitrogens with two attached hydrogens (primary N) is 2. The standard InChI is InChI=1S/C14H23N5O7/c15-7(4-10(16)21)12(23)18-8(6-20)13(24)17-5-11(22)19-3-1-2-9(19)14(25)26/h7-9,20H,1-6,15H2,(H2,16,21)(H,17,24)(H,18,23)(H,25,26). The Hall–Kier alpha value is -2.73. The van der Waals surface area contributed by atoms with Gasteiger partial charge in [0.05, 0.1) is 25.6 Å². The third kappa shape index (κ3) is 5.97. The van der Waals surface area contributed by atoms with Crippen molar-refractivity contribution in [1.29, 1.82) is 0 Å². The van der Waals surface area contributed by atoms with Crippen molar-refractivity contribution in [3.63, 3.8) is 0 Å². The Morgan fingerprint density at radius 3 is 2.38 bits per heavy atom. The van der Waals surface area contributed by atoms with Gasteiger partial charge in [0.1, 0.15) is 12.1 Å². The first-order valence-electron chi connectivity index (χ1n) is 7.92. The van der Waals surface area contributed by atoms with Crippen molar-refractivity contribution in [2.24, 2.45) is 11.5 Å². The van der Waals surface area contributed by atoms with E-state index in [2.05, 4.69) is 10.6 Å². The molecule has 0 aliphatic carbocycles. The van der Waals surface area contributed by atoms with E-state index in [1.165, 1.54) is 0 Å². The average molecular weight is 373 g/mol. The molecular formula is C14H23N5O7. The molecule has 0 spiro atoms. The summed E-state index contributed by atoms with van der Waals surface area (Å²) in [6.45, 7) is -0.980. The minimum atomic E-state index is -1.39. The van der Waals surface area contributed by atoms with E-state index in [1.54, 1.807) is 0 Å². The molecule has 26 heavy (non-hydrogen) atoms. The molecule has 8 N–H and O–H groups in total. The summed E-state index contributed by atoms with van der Waals surface area (Å²) in [5.41, 5.74) is 10.3. The van der Waals surface area contributed by atoms with Gasteiger partial charge in [-0.1, -0.05) is 0 Å². The highest BCUT2D eigenvalue weighted by Crippen LogP contribution is 2.17. The number of primary amides is 1. The number of amides is 4.